The lowest BCUT2D eigenvalue weighted by molar-refractivity contribution is -0.124. The summed E-state index contributed by atoms with van der Waals surface area (Å²) >= 11 is 0. The van der Waals surface area contributed by atoms with Gasteiger partial charge in [0.2, 0.25) is 5.91 Å². The molecule has 1 fully saturated rings. The van der Waals surface area contributed by atoms with E-state index in [2.05, 4.69) is 5.32 Å². The number of hydrogen-bond donors (Lipinski definition) is 2. The normalized spacial score (nSPS) is 20.4. The van der Waals surface area contributed by atoms with Crippen LogP contribution < -0.4 is 15.8 Å². The van der Waals surface area contributed by atoms with Gasteiger partial charge < -0.3 is 25.3 Å². The summed E-state index contributed by atoms with van der Waals surface area (Å²) in [5.74, 6) is 0.361. The van der Waals surface area contributed by atoms with Crippen molar-refractivity contribution in [3.8, 4) is 5.75 Å². The molecule has 2 amide bonds. The highest BCUT2D eigenvalue weighted by Crippen LogP contribution is 2.26. The van der Waals surface area contributed by atoms with Gasteiger partial charge in [-0.05, 0) is 24.6 Å². The predicted molar refractivity (Wildman–Crippen MR) is 91.0 cm³/mol. The van der Waals surface area contributed by atoms with E-state index in [9.17, 15) is 9.59 Å². The van der Waals surface area contributed by atoms with Crippen LogP contribution in [0, 0.1) is 0 Å². The maximum Gasteiger partial charge on any atom is 0.271 e. The Morgan fingerprint density at radius 3 is 2.75 bits per heavy atom. The molecule has 0 aliphatic carbocycles. The van der Waals surface area contributed by atoms with Crippen LogP contribution in [0.5, 0.6) is 5.75 Å². The van der Waals surface area contributed by atoms with E-state index in [4.69, 9.17) is 10.5 Å². The molecule has 3 N–H and O–H groups in total. The molecule has 1 aliphatic rings. The second-order valence-electron chi connectivity index (χ2n) is 6.10. The van der Waals surface area contributed by atoms with Crippen LogP contribution in [0.1, 0.15) is 16.9 Å². The van der Waals surface area contributed by atoms with E-state index in [-0.39, 0.29) is 17.9 Å². The third kappa shape index (κ3) is 2.60. The Hall–Kier alpha value is -2.54. The third-order valence-electron chi connectivity index (χ3n) is 4.62. The number of likely N-dealkylation sites (N-methyl/N-ethyl adjacent to an activating group) is 1. The summed E-state index contributed by atoms with van der Waals surface area (Å²) in [6.07, 6.45) is 0.475. The minimum absolute atomic E-state index is 0.184. The second kappa shape index (κ2) is 6.16. The second-order valence-corrected chi connectivity index (χ2v) is 6.10. The maximum atomic E-state index is 13.0. The van der Waals surface area contributed by atoms with E-state index in [0.717, 1.165) is 16.7 Å². The molecule has 0 unspecified atom stereocenters. The Morgan fingerprint density at radius 1 is 1.33 bits per heavy atom. The third-order valence-corrected chi connectivity index (χ3v) is 4.62. The molecule has 0 spiro atoms. The van der Waals surface area contributed by atoms with Crippen LogP contribution in [0.2, 0.25) is 0 Å². The largest absolute Gasteiger partial charge is 0.497 e. The first-order valence-corrected chi connectivity index (χ1v) is 7.88. The van der Waals surface area contributed by atoms with Crippen molar-refractivity contribution >= 4 is 22.7 Å². The molecule has 0 bridgehead atoms. The van der Waals surface area contributed by atoms with Crippen LogP contribution >= 0.6 is 0 Å². The smallest absolute Gasteiger partial charge is 0.271 e. The highest BCUT2D eigenvalue weighted by Gasteiger charge is 2.38. The van der Waals surface area contributed by atoms with Gasteiger partial charge in [0.25, 0.3) is 5.91 Å². The van der Waals surface area contributed by atoms with Crippen LogP contribution in [0.25, 0.3) is 10.9 Å². The molecular weight excluding hydrogens is 308 g/mol. The van der Waals surface area contributed by atoms with Gasteiger partial charge in [-0.15, -0.1) is 0 Å². The number of hydrogen-bond acceptors (Lipinski definition) is 4. The molecule has 1 aromatic carbocycles. The van der Waals surface area contributed by atoms with Gasteiger partial charge in [-0.3, -0.25) is 9.59 Å². The number of carbonyl (C=O) groups is 2. The van der Waals surface area contributed by atoms with Crippen LogP contribution in [0.15, 0.2) is 24.3 Å². The molecule has 2 atom stereocenters. The molecule has 7 heteroatoms. The zero-order valence-electron chi connectivity index (χ0n) is 14.1. The number of fused-ring (bicyclic) bond motifs is 1. The number of benzene rings is 1. The van der Waals surface area contributed by atoms with Gasteiger partial charge in [0.05, 0.1) is 12.6 Å². The SMILES string of the molecule is CNC(=O)[C@@H]1C[C@H](N)CN1C(=O)c1cc2ccc(OC)cc2n1C. The van der Waals surface area contributed by atoms with Gasteiger partial charge in [0, 0.05) is 38.1 Å². The van der Waals surface area contributed by atoms with Crippen molar-refractivity contribution in [2.45, 2.75) is 18.5 Å². The number of aryl methyl sites for hydroxylation is 1. The fraction of sp³-hybridized carbons (Fsp3) is 0.412. The zero-order chi connectivity index (χ0) is 17.4. The minimum atomic E-state index is -0.523. The zero-order valence-corrected chi connectivity index (χ0v) is 14.1. The van der Waals surface area contributed by atoms with Gasteiger partial charge in [0.15, 0.2) is 0 Å². The van der Waals surface area contributed by atoms with E-state index in [1.54, 1.807) is 19.1 Å². The van der Waals surface area contributed by atoms with E-state index in [1.165, 1.54) is 0 Å². The highest BCUT2D eigenvalue weighted by atomic mass is 16.5. The predicted octanol–water partition coefficient (Wildman–Crippen LogP) is 0.475. The summed E-state index contributed by atoms with van der Waals surface area (Å²) in [6.45, 7) is 0.377. The number of nitrogens with one attached hydrogen (secondary N) is 1. The summed E-state index contributed by atoms with van der Waals surface area (Å²) in [6, 6.07) is 6.78. The Balaban J connectivity index is 1.98. The number of nitrogens with zero attached hydrogens (tertiary/aromatic N) is 2. The first kappa shape index (κ1) is 16.3. The number of ether oxygens (including phenoxy) is 1. The van der Waals surface area contributed by atoms with E-state index >= 15 is 0 Å². The van der Waals surface area contributed by atoms with E-state index < -0.39 is 6.04 Å². The summed E-state index contributed by atoms with van der Waals surface area (Å²) in [5, 5.41) is 3.55. The lowest BCUT2D eigenvalue weighted by Gasteiger charge is -2.23. The Bertz CT molecular complexity index is 798. The van der Waals surface area contributed by atoms with Crippen molar-refractivity contribution in [1.29, 1.82) is 0 Å². The minimum Gasteiger partial charge on any atom is -0.497 e. The van der Waals surface area contributed by atoms with E-state index in [0.29, 0.717) is 18.7 Å². The van der Waals surface area contributed by atoms with E-state index in [1.807, 2.05) is 35.9 Å². The van der Waals surface area contributed by atoms with Crippen LogP contribution in [0.3, 0.4) is 0 Å². The molecule has 0 radical (unpaired) electrons. The van der Waals surface area contributed by atoms with Gasteiger partial charge in [-0.25, -0.2) is 0 Å². The fourth-order valence-electron chi connectivity index (χ4n) is 3.30. The average Bonchev–Trinajstić information content (AvgIpc) is 3.14. The van der Waals surface area contributed by atoms with Crippen molar-refractivity contribution in [2.24, 2.45) is 12.8 Å². The van der Waals surface area contributed by atoms with Gasteiger partial charge in [0.1, 0.15) is 17.5 Å². The monoisotopic (exact) mass is 330 g/mol. The number of rotatable bonds is 3. The first-order chi connectivity index (χ1) is 11.5. The Kier molecular flexibility index (Phi) is 4.19. The molecule has 1 saturated heterocycles. The summed E-state index contributed by atoms with van der Waals surface area (Å²) in [7, 11) is 5.01. The summed E-state index contributed by atoms with van der Waals surface area (Å²) in [4.78, 5) is 26.6. The van der Waals surface area contributed by atoms with Crippen molar-refractivity contribution in [3.05, 3.63) is 30.0 Å². The summed E-state index contributed by atoms with van der Waals surface area (Å²) < 4.78 is 7.07. The lowest BCUT2D eigenvalue weighted by Crippen LogP contribution is -2.45. The molecule has 2 aromatic rings. The van der Waals surface area contributed by atoms with Gasteiger partial charge in [-0.1, -0.05) is 0 Å². The standard InChI is InChI=1S/C17H22N4O3/c1-19-16(22)14-7-11(18)9-21(14)17(23)15-6-10-4-5-12(24-3)8-13(10)20(15)2/h4-6,8,11,14H,7,9,18H2,1-3H3,(H,19,22)/t11-,14-/m0/s1. The Morgan fingerprint density at radius 2 is 2.08 bits per heavy atom. The van der Waals surface area contributed by atoms with Crippen LogP contribution in [-0.4, -0.2) is 54.1 Å². The number of nitrogens with two attached hydrogens (primary N) is 1. The van der Waals surface area contributed by atoms with Crippen LogP contribution in [0.4, 0.5) is 0 Å². The van der Waals surface area contributed by atoms with Gasteiger partial charge >= 0.3 is 0 Å². The molecule has 1 aliphatic heterocycles. The number of likely N-dealkylation sites (tertiary alicyclic amines) is 1. The topological polar surface area (TPSA) is 89.6 Å². The molecule has 0 saturated carbocycles. The van der Waals surface area contributed by atoms with Crippen molar-refractivity contribution in [1.82, 2.24) is 14.8 Å². The number of aromatic nitrogens is 1. The quantitative estimate of drug-likeness (QED) is 0.856. The molecule has 24 heavy (non-hydrogen) atoms. The number of carbonyl (C=O) groups excluding carboxylic acids is 2. The summed E-state index contributed by atoms with van der Waals surface area (Å²) in [5.41, 5.74) is 7.41. The number of methoxy groups -OCH3 is 1. The number of amides is 2. The molecule has 7 nitrogen and oxygen atoms in total. The molecule has 2 heterocycles. The molecule has 1 aromatic heterocycles. The average molecular weight is 330 g/mol. The van der Waals surface area contributed by atoms with Crippen molar-refractivity contribution in [2.75, 3.05) is 20.7 Å². The molecule has 3 rings (SSSR count). The first-order valence-electron chi connectivity index (χ1n) is 7.88. The molecular formula is C17H22N4O3. The van der Waals surface area contributed by atoms with Crippen molar-refractivity contribution < 1.29 is 14.3 Å². The fourth-order valence-corrected chi connectivity index (χ4v) is 3.30. The highest BCUT2D eigenvalue weighted by molar-refractivity contribution is 6.01. The lowest BCUT2D eigenvalue weighted by atomic mass is 10.1. The maximum absolute atomic E-state index is 13.0. The Labute approximate surface area is 140 Å². The van der Waals surface area contributed by atoms with Gasteiger partial charge in [-0.2, -0.15) is 0 Å². The molecule has 128 valence electrons. The van der Waals surface area contributed by atoms with Crippen molar-refractivity contribution in [3.63, 3.8) is 0 Å². The van der Waals surface area contributed by atoms with Crippen LogP contribution in [-0.2, 0) is 11.8 Å².